The van der Waals surface area contributed by atoms with Gasteiger partial charge < -0.3 is 19.8 Å². The Morgan fingerprint density at radius 2 is 2.33 bits per heavy atom. The van der Waals surface area contributed by atoms with Crippen LogP contribution in [-0.2, 0) is 9.53 Å². The van der Waals surface area contributed by atoms with E-state index in [4.69, 9.17) is 14.9 Å². The van der Waals surface area contributed by atoms with E-state index in [0.717, 1.165) is 0 Å². The molecule has 1 fully saturated rings. The Labute approximate surface area is 112 Å². The van der Waals surface area contributed by atoms with Gasteiger partial charge in [0.25, 0.3) is 5.91 Å². The zero-order valence-corrected chi connectivity index (χ0v) is 11.3. The van der Waals surface area contributed by atoms with Crippen molar-refractivity contribution in [3.05, 3.63) is 22.6 Å². The van der Waals surface area contributed by atoms with E-state index in [2.05, 4.69) is 15.9 Å². The fourth-order valence-corrected chi connectivity index (χ4v) is 2.47. The molecule has 1 aromatic rings. The number of nitrogens with zero attached hydrogens (tertiary/aromatic N) is 1. The number of nitrogens with two attached hydrogens (primary N) is 1. The molecule has 2 N–H and O–H groups in total. The Hall–Kier alpha value is -1.34. The molecule has 0 aromatic carbocycles. The summed E-state index contributed by atoms with van der Waals surface area (Å²) in [6.07, 6.45) is 1.66. The number of hydrogen-bond donors (Lipinski definition) is 1. The van der Waals surface area contributed by atoms with E-state index in [0.29, 0.717) is 23.2 Å². The molecule has 2 rings (SSSR count). The Balaban J connectivity index is 2.23. The number of rotatable bonds is 3. The molecule has 1 aliphatic rings. The second-order valence-electron chi connectivity index (χ2n) is 4.08. The number of methoxy groups -OCH3 is 1. The van der Waals surface area contributed by atoms with Gasteiger partial charge in [0.05, 0.1) is 17.9 Å². The van der Waals surface area contributed by atoms with E-state index in [9.17, 15) is 9.59 Å². The molecule has 7 heteroatoms. The van der Waals surface area contributed by atoms with Gasteiger partial charge in [-0.1, -0.05) is 0 Å². The number of likely N-dealkylation sites (tertiary alicyclic amines) is 1. The first kappa shape index (κ1) is 13.1. The van der Waals surface area contributed by atoms with E-state index >= 15 is 0 Å². The summed E-state index contributed by atoms with van der Waals surface area (Å²) in [4.78, 5) is 25.1. The Morgan fingerprint density at radius 3 is 2.83 bits per heavy atom. The molecule has 2 amide bonds. The maximum Gasteiger partial charge on any atom is 0.259 e. The first-order chi connectivity index (χ1) is 8.54. The standard InChI is InChI=1S/C11H13BrN2O4/c1-17-6-4-8(10(13)15)14(5-6)11(16)7-2-3-18-9(7)12/h2-3,6,8H,4-5H2,1H3,(H2,13,15)/t6-,8-/m0/s1. The molecule has 2 atom stereocenters. The molecule has 1 aromatic heterocycles. The van der Waals surface area contributed by atoms with E-state index in [1.807, 2.05) is 0 Å². The fourth-order valence-electron chi connectivity index (χ4n) is 2.06. The quantitative estimate of drug-likeness (QED) is 0.892. The molecule has 0 saturated carbocycles. The highest BCUT2D eigenvalue weighted by molar-refractivity contribution is 9.10. The lowest BCUT2D eigenvalue weighted by molar-refractivity contribution is -0.121. The Morgan fingerprint density at radius 1 is 1.61 bits per heavy atom. The number of furan rings is 1. The average molecular weight is 317 g/mol. The van der Waals surface area contributed by atoms with Crippen LogP contribution < -0.4 is 5.73 Å². The first-order valence-electron chi connectivity index (χ1n) is 5.40. The van der Waals surface area contributed by atoms with Crippen molar-refractivity contribution in [2.75, 3.05) is 13.7 Å². The van der Waals surface area contributed by atoms with Crippen LogP contribution in [0, 0.1) is 0 Å². The SMILES string of the molecule is CO[C@H]1C[C@@H](C(N)=O)N(C(=O)c2ccoc2Br)C1. The van der Waals surface area contributed by atoms with Gasteiger partial charge in [0.1, 0.15) is 6.04 Å². The maximum atomic E-state index is 12.3. The molecule has 0 spiro atoms. The van der Waals surface area contributed by atoms with Crippen LogP contribution in [0.5, 0.6) is 0 Å². The molecule has 0 aliphatic carbocycles. The molecule has 1 aliphatic heterocycles. The third-order valence-electron chi connectivity index (χ3n) is 3.03. The Bertz CT molecular complexity index is 473. The maximum absolute atomic E-state index is 12.3. The number of halogens is 1. The minimum atomic E-state index is -0.635. The Kier molecular flexibility index (Phi) is 3.72. The lowest BCUT2D eigenvalue weighted by atomic mass is 10.2. The third-order valence-corrected chi connectivity index (χ3v) is 3.65. The highest BCUT2D eigenvalue weighted by Crippen LogP contribution is 2.25. The van der Waals surface area contributed by atoms with Crippen molar-refractivity contribution in [1.82, 2.24) is 4.90 Å². The first-order valence-corrected chi connectivity index (χ1v) is 6.20. The van der Waals surface area contributed by atoms with Gasteiger partial charge >= 0.3 is 0 Å². The predicted molar refractivity (Wildman–Crippen MR) is 65.8 cm³/mol. The van der Waals surface area contributed by atoms with Gasteiger partial charge in [-0.2, -0.15) is 0 Å². The molecule has 0 radical (unpaired) electrons. The number of carbonyl (C=O) groups is 2. The highest BCUT2D eigenvalue weighted by Gasteiger charge is 2.39. The van der Waals surface area contributed by atoms with Crippen molar-refractivity contribution in [2.45, 2.75) is 18.6 Å². The molecule has 1 saturated heterocycles. The van der Waals surface area contributed by atoms with E-state index in [1.165, 1.54) is 11.2 Å². The summed E-state index contributed by atoms with van der Waals surface area (Å²) >= 11 is 3.14. The summed E-state index contributed by atoms with van der Waals surface area (Å²) < 4.78 is 10.5. The zero-order valence-electron chi connectivity index (χ0n) is 9.76. The van der Waals surface area contributed by atoms with Crippen LogP contribution in [0.25, 0.3) is 0 Å². The molecule has 6 nitrogen and oxygen atoms in total. The van der Waals surface area contributed by atoms with Crippen LogP contribution in [0.15, 0.2) is 21.4 Å². The van der Waals surface area contributed by atoms with Gasteiger partial charge in [-0.05, 0) is 22.0 Å². The van der Waals surface area contributed by atoms with Crippen LogP contribution in [0.2, 0.25) is 0 Å². The monoisotopic (exact) mass is 316 g/mol. The minimum Gasteiger partial charge on any atom is -0.457 e. The smallest absolute Gasteiger partial charge is 0.259 e. The average Bonchev–Trinajstić information content (AvgIpc) is 2.93. The van der Waals surface area contributed by atoms with Crippen LogP contribution in [0.1, 0.15) is 16.8 Å². The molecule has 18 heavy (non-hydrogen) atoms. The second kappa shape index (κ2) is 5.11. The minimum absolute atomic E-state index is 0.169. The lowest BCUT2D eigenvalue weighted by Gasteiger charge is -2.21. The summed E-state index contributed by atoms with van der Waals surface area (Å²) in [5.41, 5.74) is 5.68. The van der Waals surface area contributed by atoms with Crippen molar-refractivity contribution >= 4 is 27.7 Å². The number of hydrogen-bond acceptors (Lipinski definition) is 4. The molecular weight excluding hydrogens is 304 g/mol. The van der Waals surface area contributed by atoms with Gasteiger partial charge in [-0.3, -0.25) is 9.59 Å². The molecular formula is C11H13BrN2O4. The number of amides is 2. The van der Waals surface area contributed by atoms with Crippen molar-refractivity contribution in [2.24, 2.45) is 5.73 Å². The summed E-state index contributed by atoms with van der Waals surface area (Å²) in [6, 6.07) is 0.911. The van der Waals surface area contributed by atoms with Crippen molar-refractivity contribution in [1.29, 1.82) is 0 Å². The number of primary amides is 1. The highest BCUT2D eigenvalue weighted by atomic mass is 79.9. The topological polar surface area (TPSA) is 85.8 Å². The largest absolute Gasteiger partial charge is 0.457 e. The summed E-state index contributed by atoms with van der Waals surface area (Å²) in [5, 5.41) is 0. The van der Waals surface area contributed by atoms with Crippen molar-refractivity contribution in [3.8, 4) is 0 Å². The number of ether oxygens (including phenoxy) is 1. The van der Waals surface area contributed by atoms with Crippen LogP contribution in [-0.4, -0.2) is 42.5 Å². The normalized spacial score (nSPS) is 23.3. The van der Waals surface area contributed by atoms with Crippen LogP contribution in [0.3, 0.4) is 0 Å². The summed E-state index contributed by atoms with van der Waals surface area (Å²) in [6.45, 7) is 0.348. The van der Waals surface area contributed by atoms with E-state index < -0.39 is 11.9 Å². The lowest BCUT2D eigenvalue weighted by Crippen LogP contribution is -2.43. The summed E-state index contributed by atoms with van der Waals surface area (Å²) in [5.74, 6) is -0.818. The van der Waals surface area contributed by atoms with Crippen molar-refractivity contribution < 1.29 is 18.7 Å². The third kappa shape index (κ3) is 2.28. The van der Waals surface area contributed by atoms with Crippen LogP contribution >= 0.6 is 15.9 Å². The molecule has 0 unspecified atom stereocenters. The van der Waals surface area contributed by atoms with Gasteiger partial charge in [0.15, 0.2) is 4.67 Å². The molecule has 0 bridgehead atoms. The van der Waals surface area contributed by atoms with Crippen LogP contribution in [0.4, 0.5) is 0 Å². The van der Waals surface area contributed by atoms with Gasteiger partial charge in [0, 0.05) is 20.1 Å². The molecule has 2 heterocycles. The fraction of sp³-hybridized carbons (Fsp3) is 0.455. The number of carbonyl (C=O) groups excluding carboxylic acids is 2. The van der Waals surface area contributed by atoms with Gasteiger partial charge in [-0.15, -0.1) is 0 Å². The van der Waals surface area contributed by atoms with Gasteiger partial charge in [-0.25, -0.2) is 0 Å². The van der Waals surface area contributed by atoms with Crippen molar-refractivity contribution in [3.63, 3.8) is 0 Å². The predicted octanol–water partition coefficient (Wildman–Crippen LogP) is 0.757. The zero-order chi connectivity index (χ0) is 13.3. The summed E-state index contributed by atoms with van der Waals surface area (Å²) in [7, 11) is 1.55. The molecule has 98 valence electrons. The van der Waals surface area contributed by atoms with E-state index in [-0.39, 0.29) is 12.0 Å². The van der Waals surface area contributed by atoms with E-state index in [1.54, 1.807) is 13.2 Å². The second-order valence-corrected chi connectivity index (χ2v) is 4.80. The van der Waals surface area contributed by atoms with Gasteiger partial charge in [0.2, 0.25) is 5.91 Å².